The Labute approximate surface area is 224 Å². The highest BCUT2D eigenvalue weighted by Gasteiger charge is 2.42. The van der Waals surface area contributed by atoms with E-state index in [1.807, 2.05) is 44.2 Å². The van der Waals surface area contributed by atoms with Gasteiger partial charge in [-0.2, -0.15) is 0 Å². The minimum absolute atomic E-state index is 0.0106. The van der Waals surface area contributed by atoms with Crippen molar-refractivity contribution in [2.75, 3.05) is 6.61 Å². The van der Waals surface area contributed by atoms with Crippen molar-refractivity contribution < 1.29 is 19.4 Å². The van der Waals surface area contributed by atoms with Crippen LogP contribution in [0.25, 0.3) is 0 Å². The Kier molecular flexibility index (Phi) is 8.41. The maximum absolute atomic E-state index is 11.4. The molecule has 1 aliphatic rings. The Bertz CT molecular complexity index is 1270. The molecule has 0 unspecified atom stereocenters. The molecular weight excluding hydrogens is 484 g/mol. The number of aliphatic carboxylic acids is 1. The second-order valence-corrected chi connectivity index (χ2v) is 10.8. The number of hydrogen-bond donors (Lipinski definition) is 1. The standard InChI is InChI=1S/C32H35ClO4/c1-19(2)24-14-21(5)30(28(16-24)36-18-29(34)35)32-26(20(3)4)17-27(22-10-7-6-8-11-22)31(37-32)23-12-9-13-25(33)15-23/h6-16,19,26-27,31-32H,3,17-18H2,1-2,4-5H3,(H,34,35)/t26-,27+,31+,32+/m1/s1. The molecule has 0 amide bonds. The molecule has 0 saturated carbocycles. The number of halogens is 1. The molecule has 0 bridgehead atoms. The third-order valence-electron chi connectivity index (χ3n) is 7.24. The summed E-state index contributed by atoms with van der Waals surface area (Å²) in [6.45, 7) is 12.2. The van der Waals surface area contributed by atoms with Crippen LogP contribution in [0.3, 0.4) is 0 Å². The van der Waals surface area contributed by atoms with E-state index in [-0.39, 0.29) is 30.0 Å². The third kappa shape index (κ3) is 6.08. The van der Waals surface area contributed by atoms with Crippen molar-refractivity contribution in [1.29, 1.82) is 0 Å². The van der Waals surface area contributed by atoms with Crippen molar-refractivity contribution in [2.45, 2.75) is 58.2 Å². The van der Waals surface area contributed by atoms with Gasteiger partial charge in [0.05, 0.1) is 12.2 Å². The van der Waals surface area contributed by atoms with E-state index in [1.54, 1.807) is 0 Å². The summed E-state index contributed by atoms with van der Waals surface area (Å²) in [4.78, 5) is 11.4. The molecule has 4 rings (SSSR count). The summed E-state index contributed by atoms with van der Waals surface area (Å²) in [7, 11) is 0. The van der Waals surface area contributed by atoms with E-state index in [1.165, 1.54) is 5.56 Å². The van der Waals surface area contributed by atoms with E-state index in [0.717, 1.165) is 34.2 Å². The van der Waals surface area contributed by atoms with E-state index in [4.69, 9.17) is 21.1 Å². The van der Waals surface area contributed by atoms with Gasteiger partial charge in [-0.3, -0.25) is 0 Å². The van der Waals surface area contributed by atoms with Gasteiger partial charge in [0.1, 0.15) is 5.75 Å². The summed E-state index contributed by atoms with van der Waals surface area (Å²) >= 11 is 6.41. The maximum atomic E-state index is 11.4. The van der Waals surface area contributed by atoms with Gasteiger partial charge in [-0.1, -0.05) is 86.1 Å². The molecule has 1 N–H and O–H groups in total. The molecule has 1 aliphatic heterocycles. The number of rotatable bonds is 8. The SMILES string of the molecule is C=C(C)[C@H]1C[C@@H](c2ccccc2)[C@H](c2cccc(Cl)c2)O[C@@H]1c1c(C)cc(C(C)C)cc1OCC(=O)O. The van der Waals surface area contributed by atoms with Crippen LogP contribution in [0.5, 0.6) is 5.75 Å². The molecule has 1 heterocycles. The molecule has 4 nitrogen and oxygen atoms in total. The van der Waals surface area contributed by atoms with Gasteiger partial charge in [0.25, 0.3) is 0 Å². The Morgan fingerprint density at radius 2 is 1.78 bits per heavy atom. The lowest BCUT2D eigenvalue weighted by atomic mass is 9.73. The fourth-order valence-electron chi connectivity index (χ4n) is 5.35. The Morgan fingerprint density at radius 3 is 2.41 bits per heavy atom. The summed E-state index contributed by atoms with van der Waals surface area (Å²) < 4.78 is 12.9. The van der Waals surface area contributed by atoms with Crippen LogP contribution in [-0.2, 0) is 9.53 Å². The Morgan fingerprint density at radius 1 is 1.08 bits per heavy atom. The topological polar surface area (TPSA) is 55.8 Å². The van der Waals surface area contributed by atoms with E-state index in [0.29, 0.717) is 10.8 Å². The summed E-state index contributed by atoms with van der Waals surface area (Å²) in [5.41, 5.74) is 6.23. The van der Waals surface area contributed by atoms with Crippen molar-refractivity contribution in [3.8, 4) is 5.75 Å². The lowest BCUT2D eigenvalue weighted by molar-refractivity contribution is -0.139. The first-order valence-corrected chi connectivity index (χ1v) is 13.1. The van der Waals surface area contributed by atoms with Crippen molar-refractivity contribution >= 4 is 17.6 Å². The number of hydrogen-bond acceptors (Lipinski definition) is 3. The monoisotopic (exact) mass is 518 g/mol. The zero-order chi connectivity index (χ0) is 26.7. The molecule has 4 atom stereocenters. The molecule has 194 valence electrons. The van der Waals surface area contributed by atoms with Crippen molar-refractivity contribution in [3.63, 3.8) is 0 Å². The average molecular weight is 519 g/mol. The first-order chi connectivity index (χ1) is 17.7. The van der Waals surface area contributed by atoms with Crippen LogP contribution in [0.4, 0.5) is 0 Å². The smallest absolute Gasteiger partial charge is 0.341 e. The normalized spacial score (nSPS) is 21.6. The molecule has 0 aromatic heterocycles. The molecule has 0 radical (unpaired) electrons. The summed E-state index contributed by atoms with van der Waals surface area (Å²) in [5.74, 6) is -0.0793. The number of carboxylic acids is 1. The van der Waals surface area contributed by atoms with Crippen LogP contribution in [-0.4, -0.2) is 17.7 Å². The van der Waals surface area contributed by atoms with E-state index >= 15 is 0 Å². The third-order valence-corrected chi connectivity index (χ3v) is 7.48. The lowest BCUT2D eigenvalue weighted by Gasteiger charge is -2.44. The fraction of sp³-hybridized carbons (Fsp3) is 0.344. The van der Waals surface area contributed by atoms with Crippen LogP contribution in [0.1, 0.15) is 79.1 Å². The summed E-state index contributed by atoms with van der Waals surface area (Å²) in [6.07, 6.45) is 0.218. The number of carbonyl (C=O) groups is 1. The minimum atomic E-state index is -1.01. The first kappa shape index (κ1) is 27.0. The first-order valence-electron chi connectivity index (χ1n) is 12.8. The molecular formula is C32H35ClO4. The van der Waals surface area contributed by atoms with Gasteiger partial charge in [0, 0.05) is 22.4 Å². The largest absolute Gasteiger partial charge is 0.482 e. The van der Waals surface area contributed by atoms with Crippen molar-refractivity contribution in [2.24, 2.45) is 5.92 Å². The zero-order valence-corrected chi connectivity index (χ0v) is 22.7. The number of benzene rings is 3. The van der Waals surface area contributed by atoms with Gasteiger partial charge in [0.15, 0.2) is 6.61 Å². The van der Waals surface area contributed by atoms with Gasteiger partial charge in [-0.15, -0.1) is 0 Å². The van der Waals surface area contributed by atoms with Crippen LogP contribution >= 0.6 is 11.6 Å². The van der Waals surface area contributed by atoms with E-state index in [2.05, 4.69) is 56.8 Å². The molecule has 0 spiro atoms. The lowest BCUT2D eigenvalue weighted by Crippen LogP contribution is -2.32. The Balaban J connectivity index is 1.86. The quantitative estimate of drug-likeness (QED) is 0.304. The van der Waals surface area contributed by atoms with Gasteiger partial charge < -0.3 is 14.6 Å². The van der Waals surface area contributed by atoms with Crippen LogP contribution < -0.4 is 4.74 Å². The van der Waals surface area contributed by atoms with Crippen molar-refractivity contribution in [3.05, 3.63) is 112 Å². The van der Waals surface area contributed by atoms with Crippen LogP contribution in [0.2, 0.25) is 5.02 Å². The van der Waals surface area contributed by atoms with Gasteiger partial charge in [-0.25, -0.2) is 4.79 Å². The highest BCUT2D eigenvalue weighted by Crippen LogP contribution is 2.54. The maximum Gasteiger partial charge on any atom is 0.341 e. The Hall–Kier alpha value is -3.08. The molecule has 1 fully saturated rings. The average Bonchev–Trinajstić information content (AvgIpc) is 2.87. The van der Waals surface area contributed by atoms with Crippen molar-refractivity contribution in [1.82, 2.24) is 0 Å². The van der Waals surface area contributed by atoms with E-state index < -0.39 is 12.6 Å². The molecule has 37 heavy (non-hydrogen) atoms. The second-order valence-electron chi connectivity index (χ2n) is 10.3. The number of ether oxygens (including phenoxy) is 2. The fourth-order valence-corrected chi connectivity index (χ4v) is 5.55. The van der Waals surface area contributed by atoms with Crippen LogP contribution in [0, 0.1) is 12.8 Å². The highest BCUT2D eigenvalue weighted by atomic mass is 35.5. The summed E-state index contributed by atoms with van der Waals surface area (Å²) in [5, 5.41) is 10.0. The van der Waals surface area contributed by atoms with E-state index in [9.17, 15) is 9.90 Å². The second kappa shape index (κ2) is 11.5. The summed E-state index contributed by atoms with van der Waals surface area (Å²) in [6, 6.07) is 22.4. The highest BCUT2D eigenvalue weighted by molar-refractivity contribution is 6.30. The van der Waals surface area contributed by atoms with Gasteiger partial charge >= 0.3 is 5.97 Å². The number of carboxylic acid groups (broad SMARTS) is 1. The predicted octanol–water partition coefficient (Wildman–Crippen LogP) is 8.41. The molecule has 0 aliphatic carbocycles. The minimum Gasteiger partial charge on any atom is -0.482 e. The van der Waals surface area contributed by atoms with Gasteiger partial charge in [0.2, 0.25) is 0 Å². The van der Waals surface area contributed by atoms with Crippen LogP contribution in [0.15, 0.2) is 78.9 Å². The number of aryl methyl sites for hydroxylation is 1. The molecule has 3 aromatic rings. The molecule has 3 aromatic carbocycles. The zero-order valence-electron chi connectivity index (χ0n) is 21.9. The molecule has 1 saturated heterocycles. The molecule has 5 heteroatoms. The van der Waals surface area contributed by atoms with Gasteiger partial charge in [-0.05, 0) is 66.6 Å². The predicted molar refractivity (Wildman–Crippen MR) is 149 cm³/mol.